The van der Waals surface area contributed by atoms with Gasteiger partial charge in [-0.3, -0.25) is 0 Å². The van der Waals surface area contributed by atoms with Gasteiger partial charge in [0.2, 0.25) is 0 Å². The van der Waals surface area contributed by atoms with Crippen molar-refractivity contribution >= 4 is 0 Å². The first-order chi connectivity index (χ1) is 7.53. The number of nitrogens with zero attached hydrogens (tertiary/aromatic N) is 2. The van der Waals surface area contributed by atoms with Crippen molar-refractivity contribution in [3.63, 3.8) is 0 Å². The van der Waals surface area contributed by atoms with Gasteiger partial charge in [0.1, 0.15) is 5.82 Å². The molecule has 0 radical (unpaired) electrons. The van der Waals surface area contributed by atoms with E-state index >= 15 is 0 Å². The highest BCUT2D eigenvalue weighted by molar-refractivity contribution is 5.20. The lowest BCUT2D eigenvalue weighted by molar-refractivity contribution is 0.0492. The highest BCUT2D eigenvalue weighted by Crippen LogP contribution is 2.23. The number of aromatic nitrogens is 2. The van der Waals surface area contributed by atoms with Crippen molar-refractivity contribution in [2.75, 3.05) is 6.54 Å². The number of aryl methyl sites for hydroxylation is 2. The van der Waals surface area contributed by atoms with Crippen LogP contribution in [0.25, 0.3) is 0 Å². The molecule has 16 heavy (non-hydrogen) atoms. The van der Waals surface area contributed by atoms with Gasteiger partial charge in [-0.1, -0.05) is 0 Å². The Morgan fingerprint density at radius 1 is 1.44 bits per heavy atom. The molecule has 0 amide bonds. The second-order valence-electron chi connectivity index (χ2n) is 5.05. The number of nitrogens with two attached hydrogens (primary N) is 1. The van der Waals surface area contributed by atoms with Crippen molar-refractivity contribution in [1.29, 1.82) is 0 Å². The fraction of sp³-hybridized carbons (Fsp3) is 0.750. The lowest BCUT2D eigenvalue weighted by atomic mass is 10.0. The highest BCUT2D eigenvalue weighted by atomic mass is 16.3. The maximum atomic E-state index is 10.0. The van der Waals surface area contributed by atoms with E-state index in [1.54, 1.807) is 6.92 Å². The number of fused-ring (bicyclic) bond motifs is 1. The molecule has 90 valence electrons. The molecule has 2 rings (SSSR count). The minimum absolute atomic E-state index is 0.277. The maximum absolute atomic E-state index is 10.0. The maximum Gasteiger partial charge on any atom is 0.106 e. The summed E-state index contributed by atoms with van der Waals surface area (Å²) in [5.41, 5.74) is 7.25. The van der Waals surface area contributed by atoms with Crippen molar-refractivity contribution in [2.45, 2.75) is 51.7 Å². The molecule has 1 heterocycles. The van der Waals surface area contributed by atoms with E-state index in [0.717, 1.165) is 18.7 Å². The Morgan fingerprint density at radius 2 is 2.12 bits per heavy atom. The van der Waals surface area contributed by atoms with Crippen LogP contribution in [0.1, 0.15) is 37.0 Å². The Bertz CT molecular complexity index is 382. The first-order valence-corrected chi connectivity index (χ1v) is 6.01. The predicted octanol–water partition coefficient (Wildman–Crippen LogP) is 0.780. The van der Waals surface area contributed by atoms with Crippen molar-refractivity contribution in [3.05, 3.63) is 17.2 Å². The molecule has 1 unspecified atom stereocenters. The topological polar surface area (TPSA) is 64.1 Å². The molecule has 4 heteroatoms. The van der Waals surface area contributed by atoms with Gasteiger partial charge in [0.25, 0.3) is 0 Å². The summed E-state index contributed by atoms with van der Waals surface area (Å²) in [6.07, 6.45) is 4.62. The number of rotatable bonds is 3. The predicted molar refractivity (Wildman–Crippen MR) is 63.3 cm³/mol. The number of hydrogen-bond acceptors (Lipinski definition) is 3. The monoisotopic (exact) mass is 223 g/mol. The lowest BCUT2D eigenvalue weighted by Crippen LogP contribution is -2.39. The summed E-state index contributed by atoms with van der Waals surface area (Å²) in [6, 6.07) is 0. The van der Waals surface area contributed by atoms with E-state index in [9.17, 15) is 5.11 Å². The van der Waals surface area contributed by atoms with Gasteiger partial charge in [-0.2, -0.15) is 0 Å². The summed E-state index contributed by atoms with van der Waals surface area (Å²) in [6.45, 7) is 4.61. The zero-order chi connectivity index (χ0) is 11.8. The third-order valence-electron chi connectivity index (χ3n) is 3.36. The largest absolute Gasteiger partial charge is 0.387 e. The molecule has 0 fully saturated rings. The van der Waals surface area contributed by atoms with Gasteiger partial charge in [-0.15, -0.1) is 0 Å². The number of aliphatic hydroxyl groups is 1. The first kappa shape index (κ1) is 11.6. The van der Waals surface area contributed by atoms with Crippen LogP contribution < -0.4 is 5.73 Å². The van der Waals surface area contributed by atoms with Crippen LogP contribution in [0.4, 0.5) is 0 Å². The molecular formula is C12H21N3O. The Morgan fingerprint density at radius 3 is 2.81 bits per heavy atom. The third-order valence-corrected chi connectivity index (χ3v) is 3.36. The summed E-state index contributed by atoms with van der Waals surface area (Å²) in [5.74, 6) is 1.00. The van der Waals surface area contributed by atoms with Crippen molar-refractivity contribution < 1.29 is 5.11 Å². The Hall–Kier alpha value is -0.870. The van der Waals surface area contributed by atoms with E-state index in [-0.39, 0.29) is 6.54 Å². The first-order valence-electron chi connectivity index (χ1n) is 6.01. The van der Waals surface area contributed by atoms with Crippen LogP contribution in [0.5, 0.6) is 0 Å². The molecule has 0 saturated carbocycles. The average molecular weight is 223 g/mol. The lowest BCUT2D eigenvalue weighted by Gasteiger charge is -2.24. The van der Waals surface area contributed by atoms with Crippen molar-refractivity contribution in [3.8, 4) is 0 Å². The van der Waals surface area contributed by atoms with Crippen LogP contribution in [-0.2, 0) is 19.4 Å². The molecule has 1 aliphatic rings. The van der Waals surface area contributed by atoms with E-state index in [2.05, 4.69) is 9.55 Å². The summed E-state index contributed by atoms with van der Waals surface area (Å²) < 4.78 is 2.14. The molecule has 1 aromatic heterocycles. The highest BCUT2D eigenvalue weighted by Gasteiger charge is 2.24. The summed E-state index contributed by atoms with van der Waals surface area (Å²) >= 11 is 0. The Balaban J connectivity index is 2.30. The second-order valence-corrected chi connectivity index (χ2v) is 5.05. The van der Waals surface area contributed by atoms with Gasteiger partial charge in [0.05, 0.1) is 17.8 Å². The second kappa shape index (κ2) is 4.18. The number of hydrogen-bond donors (Lipinski definition) is 2. The summed E-state index contributed by atoms with van der Waals surface area (Å²) in [4.78, 5) is 4.58. The summed E-state index contributed by atoms with van der Waals surface area (Å²) in [7, 11) is 0. The van der Waals surface area contributed by atoms with E-state index in [4.69, 9.17) is 5.73 Å². The minimum atomic E-state index is -0.837. The normalized spacial score (nSPS) is 19.2. The molecule has 0 spiro atoms. The SMILES string of the molecule is Cc1nc2c(n1CC(C)(O)CN)CCCC2. The molecule has 1 aromatic rings. The smallest absolute Gasteiger partial charge is 0.106 e. The van der Waals surface area contributed by atoms with Crippen LogP contribution in [0.2, 0.25) is 0 Å². The van der Waals surface area contributed by atoms with E-state index in [1.807, 2.05) is 6.92 Å². The van der Waals surface area contributed by atoms with Gasteiger partial charge in [-0.25, -0.2) is 4.98 Å². The molecule has 1 atom stereocenters. The zero-order valence-corrected chi connectivity index (χ0v) is 10.2. The standard InChI is InChI=1S/C12H21N3O/c1-9-14-10-5-3-4-6-11(10)15(9)8-12(2,16)7-13/h16H,3-8,13H2,1-2H3. The van der Waals surface area contributed by atoms with Gasteiger partial charge in [0, 0.05) is 12.2 Å². The molecule has 4 nitrogen and oxygen atoms in total. The quantitative estimate of drug-likeness (QED) is 0.796. The van der Waals surface area contributed by atoms with E-state index < -0.39 is 5.60 Å². The molecular weight excluding hydrogens is 202 g/mol. The fourth-order valence-corrected chi connectivity index (χ4v) is 2.35. The zero-order valence-electron chi connectivity index (χ0n) is 10.2. The summed E-state index contributed by atoms with van der Waals surface area (Å²) in [5, 5.41) is 10.0. The van der Waals surface area contributed by atoms with Crippen LogP contribution >= 0.6 is 0 Å². The van der Waals surface area contributed by atoms with Crippen molar-refractivity contribution in [1.82, 2.24) is 9.55 Å². The fourth-order valence-electron chi connectivity index (χ4n) is 2.35. The number of imidazole rings is 1. The van der Waals surface area contributed by atoms with Gasteiger partial charge < -0.3 is 15.4 Å². The van der Waals surface area contributed by atoms with Crippen LogP contribution in [0, 0.1) is 6.92 Å². The third kappa shape index (κ3) is 2.13. The minimum Gasteiger partial charge on any atom is -0.387 e. The van der Waals surface area contributed by atoms with Gasteiger partial charge in [0.15, 0.2) is 0 Å². The van der Waals surface area contributed by atoms with E-state index in [0.29, 0.717) is 6.54 Å². The average Bonchev–Trinajstić information content (AvgIpc) is 2.56. The van der Waals surface area contributed by atoms with Gasteiger partial charge in [-0.05, 0) is 39.5 Å². The van der Waals surface area contributed by atoms with E-state index in [1.165, 1.54) is 24.2 Å². The molecule has 0 saturated heterocycles. The molecule has 0 bridgehead atoms. The Labute approximate surface area is 96.5 Å². The van der Waals surface area contributed by atoms with Crippen LogP contribution in [-0.4, -0.2) is 26.8 Å². The molecule has 3 N–H and O–H groups in total. The van der Waals surface area contributed by atoms with Crippen LogP contribution in [0.3, 0.4) is 0 Å². The molecule has 0 aliphatic heterocycles. The molecule has 0 aromatic carbocycles. The van der Waals surface area contributed by atoms with Crippen LogP contribution in [0.15, 0.2) is 0 Å². The van der Waals surface area contributed by atoms with Crippen molar-refractivity contribution in [2.24, 2.45) is 5.73 Å². The molecule has 1 aliphatic carbocycles. The Kier molecular flexibility index (Phi) is 3.04. The van der Waals surface area contributed by atoms with Gasteiger partial charge >= 0.3 is 0 Å².